The van der Waals surface area contributed by atoms with Crippen LogP contribution >= 0.6 is 0 Å². The standard InChI is InChI=1S/C17H17FO5/c1-21-16(19)10-13-9-14(17(20)22-2)15(23-13)7-6-11-4-3-5-12(18)8-11/h3-8,13H,9-10H2,1-2H3/b7-6+. The number of carbonyl (C=O) groups excluding carboxylic acids is 2. The lowest BCUT2D eigenvalue weighted by Gasteiger charge is -2.09. The number of methoxy groups -OCH3 is 2. The van der Waals surface area contributed by atoms with Crippen LogP contribution in [-0.4, -0.2) is 32.3 Å². The average molecular weight is 320 g/mol. The molecule has 1 unspecified atom stereocenters. The first kappa shape index (κ1) is 16.7. The maximum Gasteiger partial charge on any atom is 0.337 e. The van der Waals surface area contributed by atoms with E-state index < -0.39 is 18.0 Å². The Morgan fingerprint density at radius 1 is 1.30 bits per heavy atom. The number of esters is 2. The summed E-state index contributed by atoms with van der Waals surface area (Å²) in [5, 5.41) is 0. The van der Waals surface area contributed by atoms with Gasteiger partial charge in [-0.15, -0.1) is 0 Å². The maximum atomic E-state index is 13.2. The normalized spacial score (nSPS) is 17.3. The van der Waals surface area contributed by atoms with E-state index in [0.29, 0.717) is 16.9 Å². The van der Waals surface area contributed by atoms with E-state index in [2.05, 4.69) is 4.74 Å². The van der Waals surface area contributed by atoms with Gasteiger partial charge in [-0.2, -0.15) is 0 Å². The molecule has 6 heteroatoms. The molecule has 0 saturated heterocycles. The zero-order chi connectivity index (χ0) is 16.8. The molecule has 0 amide bonds. The van der Waals surface area contributed by atoms with Gasteiger partial charge in [-0.3, -0.25) is 4.79 Å². The highest BCUT2D eigenvalue weighted by molar-refractivity contribution is 5.90. The third-order valence-corrected chi connectivity index (χ3v) is 3.35. The summed E-state index contributed by atoms with van der Waals surface area (Å²) in [5.74, 6) is -0.980. The zero-order valence-corrected chi connectivity index (χ0v) is 12.9. The van der Waals surface area contributed by atoms with Crippen molar-refractivity contribution in [3.05, 3.63) is 53.1 Å². The van der Waals surface area contributed by atoms with Crippen molar-refractivity contribution in [2.24, 2.45) is 0 Å². The molecular weight excluding hydrogens is 303 g/mol. The van der Waals surface area contributed by atoms with Crippen LogP contribution in [0.25, 0.3) is 6.08 Å². The number of allylic oxidation sites excluding steroid dienone is 1. The van der Waals surface area contributed by atoms with Gasteiger partial charge in [0.05, 0.1) is 26.2 Å². The van der Waals surface area contributed by atoms with Crippen molar-refractivity contribution in [2.75, 3.05) is 14.2 Å². The van der Waals surface area contributed by atoms with Crippen LogP contribution in [0.15, 0.2) is 41.7 Å². The molecule has 23 heavy (non-hydrogen) atoms. The van der Waals surface area contributed by atoms with Crippen molar-refractivity contribution in [3.63, 3.8) is 0 Å². The molecule has 2 rings (SSSR count). The lowest BCUT2D eigenvalue weighted by Crippen LogP contribution is -2.15. The zero-order valence-electron chi connectivity index (χ0n) is 12.9. The minimum absolute atomic E-state index is 0.0360. The Balaban J connectivity index is 2.17. The predicted octanol–water partition coefficient (Wildman–Crippen LogP) is 2.62. The number of halogens is 1. The van der Waals surface area contributed by atoms with Crippen molar-refractivity contribution >= 4 is 18.0 Å². The molecule has 1 aliphatic heterocycles. The second-order valence-corrected chi connectivity index (χ2v) is 4.95. The average Bonchev–Trinajstić information content (AvgIpc) is 2.94. The van der Waals surface area contributed by atoms with E-state index in [1.165, 1.54) is 26.4 Å². The summed E-state index contributed by atoms with van der Waals surface area (Å²) in [6.07, 6.45) is 3.00. The monoisotopic (exact) mass is 320 g/mol. The molecule has 0 aromatic heterocycles. The minimum atomic E-state index is -0.517. The van der Waals surface area contributed by atoms with Gasteiger partial charge in [0.15, 0.2) is 0 Å². The second-order valence-electron chi connectivity index (χ2n) is 4.95. The first-order valence-corrected chi connectivity index (χ1v) is 7.02. The smallest absolute Gasteiger partial charge is 0.337 e. The number of ether oxygens (including phenoxy) is 3. The molecule has 0 N–H and O–H groups in total. The third kappa shape index (κ3) is 4.42. The molecule has 1 atom stereocenters. The minimum Gasteiger partial charge on any atom is -0.489 e. The highest BCUT2D eigenvalue weighted by atomic mass is 19.1. The Morgan fingerprint density at radius 2 is 2.09 bits per heavy atom. The van der Waals surface area contributed by atoms with E-state index >= 15 is 0 Å². The maximum absolute atomic E-state index is 13.2. The van der Waals surface area contributed by atoms with E-state index in [4.69, 9.17) is 9.47 Å². The predicted molar refractivity (Wildman–Crippen MR) is 80.6 cm³/mol. The molecule has 5 nitrogen and oxygen atoms in total. The van der Waals surface area contributed by atoms with Crippen molar-refractivity contribution < 1.29 is 28.2 Å². The number of carbonyl (C=O) groups is 2. The number of benzene rings is 1. The Bertz CT molecular complexity index is 663. The molecule has 122 valence electrons. The van der Waals surface area contributed by atoms with Crippen molar-refractivity contribution in [3.8, 4) is 0 Å². The SMILES string of the molecule is COC(=O)CC1CC(C(=O)OC)=C(/C=C/c2cccc(F)c2)O1. The molecule has 0 radical (unpaired) electrons. The second kappa shape index (κ2) is 7.58. The van der Waals surface area contributed by atoms with Gasteiger partial charge in [0.25, 0.3) is 0 Å². The Morgan fingerprint density at radius 3 is 2.74 bits per heavy atom. The Labute approximate surface area is 133 Å². The van der Waals surface area contributed by atoms with Gasteiger partial charge in [-0.25, -0.2) is 9.18 Å². The first-order chi connectivity index (χ1) is 11.0. The van der Waals surface area contributed by atoms with Gasteiger partial charge in [-0.1, -0.05) is 18.2 Å². The topological polar surface area (TPSA) is 61.8 Å². The van der Waals surface area contributed by atoms with E-state index in [-0.39, 0.29) is 18.7 Å². The lowest BCUT2D eigenvalue weighted by atomic mass is 10.1. The van der Waals surface area contributed by atoms with E-state index in [9.17, 15) is 14.0 Å². The van der Waals surface area contributed by atoms with Gasteiger partial charge in [0.1, 0.15) is 17.7 Å². The van der Waals surface area contributed by atoms with Crippen LogP contribution in [0.5, 0.6) is 0 Å². The Kier molecular flexibility index (Phi) is 5.51. The summed E-state index contributed by atoms with van der Waals surface area (Å²) >= 11 is 0. The van der Waals surface area contributed by atoms with Crippen molar-refractivity contribution in [1.29, 1.82) is 0 Å². The first-order valence-electron chi connectivity index (χ1n) is 7.02. The van der Waals surface area contributed by atoms with Crippen LogP contribution in [0.1, 0.15) is 18.4 Å². The largest absolute Gasteiger partial charge is 0.489 e. The van der Waals surface area contributed by atoms with Gasteiger partial charge in [-0.05, 0) is 23.8 Å². The highest BCUT2D eigenvalue weighted by Gasteiger charge is 2.31. The van der Waals surface area contributed by atoms with Crippen LogP contribution in [0.3, 0.4) is 0 Å². The Hall–Kier alpha value is -2.63. The molecular formula is C17H17FO5. The van der Waals surface area contributed by atoms with Crippen LogP contribution in [0, 0.1) is 5.82 Å². The fraction of sp³-hybridized carbons (Fsp3) is 0.294. The van der Waals surface area contributed by atoms with Crippen molar-refractivity contribution in [2.45, 2.75) is 18.9 Å². The molecule has 1 aromatic carbocycles. The number of rotatable bonds is 5. The molecule has 0 fully saturated rings. The molecule has 0 aliphatic carbocycles. The summed E-state index contributed by atoms with van der Waals surface area (Å²) < 4.78 is 28.1. The fourth-order valence-corrected chi connectivity index (χ4v) is 2.23. The van der Waals surface area contributed by atoms with E-state index in [1.54, 1.807) is 24.3 Å². The number of hydrogen-bond donors (Lipinski definition) is 0. The van der Waals surface area contributed by atoms with Gasteiger partial charge >= 0.3 is 11.9 Å². The van der Waals surface area contributed by atoms with E-state index in [1.807, 2.05) is 0 Å². The third-order valence-electron chi connectivity index (χ3n) is 3.35. The molecule has 1 aromatic rings. The molecule has 0 bridgehead atoms. The lowest BCUT2D eigenvalue weighted by molar-refractivity contribution is -0.143. The fourth-order valence-electron chi connectivity index (χ4n) is 2.23. The van der Waals surface area contributed by atoms with Crippen LogP contribution < -0.4 is 0 Å². The van der Waals surface area contributed by atoms with Gasteiger partial charge < -0.3 is 14.2 Å². The summed E-state index contributed by atoms with van der Waals surface area (Å²) in [6, 6.07) is 6.00. The van der Waals surface area contributed by atoms with Gasteiger partial charge in [0, 0.05) is 6.42 Å². The summed E-state index contributed by atoms with van der Waals surface area (Å²) in [5.41, 5.74) is 0.968. The highest BCUT2D eigenvalue weighted by Crippen LogP contribution is 2.29. The summed E-state index contributed by atoms with van der Waals surface area (Å²) in [4.78, 5) is 23.2. The van der Waals surface area contributed by atoms with Crippen LogP contribution in [0.2, 0.25) is 0 Å². The molecule has 0 saturated carbocycles. The quantitative estimate of drug-likeness (QED) is 0.781. The van der Waals surface area contributed by atoms with E-state index in [0.717, 1.165) is 0 Å². The summed E-state index contributed by atoms with van der Waals surface area (Å²) in [7, 11) is 2.56. The van der Waals surface area contributed by atoms with Crippen LogP contribution in [-0.2, 0) is 23.8 Å². The number of hydrogen-bond acceptors (Lipinski definition) is 5. The van der Waals surface area contributed by atoms with Crippen molar-refractivity contribution in [1.82, 2.24) is 0 Å². The van der Waals surface area contributed by atoms with Crippen LogP contribution in [0.4, 0.5) is 4.39 Å². The molecule has 0 spiro atoms. The summed E-state index contributed by atoms with van der Waals surface area (Å²) in [6.45, 7) is 0. The molecule has 1 heterocycles. The van der Waals surface area contributed by atoms with Gasteiger partial charge in [0.2, 0.25) is 0 Å². The molecule has 1 aliphatic rings.